The number of hydrogen-bond acceptors (Lipinski definition) is 5. The summed E-state index contributed by atoms with van der Waals surface area (Å²) < 4.78 is 11.0. The number of amides is 1. The molecule has 2 fully saturated rings. The second-order valence-corrected chi connectivity index (χ2v) is 6.20. The summed E-state index contributed by atoms with van der Waals surface area (Å²) in [4.78, 5) is 21.1. The molecule has 0 saturated carbocycles. The van der Waals surface area contributed by atoms with Crippen molar-refractivity contribution in [3.8, 4) is 0 Å². The van der Waals surface area contributed by atoms with Gasteiger partial charge >= 0.3 is 0 Å². The number of morpholine rings is 1. The zero-order valence-corrected chi connectivity index (χ0v) is 13.9. The summed E-state index contributed by atoms with van der Waals surface area (Å²) in [6.45, 7) is 5.93. The molecule has 3 rings (SSSR count). The van der Waals surface area contributed by atoms with Crippen LogP contribution in [0.3, 0.4) is 0 Å². The summed E-state index contributed by atoms with van der Waals surface area (Å²) in [5.74, 6) is 0.984. The molecule has 2 saturated heterocycles. The van der Waals surface area contributed by atoms with E-state index >= 15 is 0 Å². The number of carbonyl (C=O) groups is 1. The van der Waals surface area contributed by atoms with Gasteiger partial charge in [0.2, 0.25) is 5.91 Å². The fourth-order valence-corrected chi connectivity index (χ4v) is 3.18. The number of rotatable bonds is 3. The van der Waals surface area contributed by atoms with Gasteiger partial charge in [0.05, 0.1) is 37.1 Å². The van der Waals surface area contributed by atoms with Gasteiger partial charge in [-0.2, -0.15) is 0 Å². The highest BCUT2D eigenvalue weighted by molar-refractivity contribution is 5.94. The minimum Gasteiger partial charge on any atom is -0.378 e. The van der Waals surface area contributed by atoms with E-state index in [1.165, 1.54) is 0 Å². The lowest BCUT2D eigenvalue weighted by molar-refractivity contribution is -0.130. The molecule has 0 spiro atoms. The third-order valence-corrected chi connectivity index (χ3v) is 4.71. The quantitative estimate of drug-likeness (QED) is 0.849. The molecule has 1 aromatic rings. The lowest BCUT2D eigenvalue weighted by Crippen LogP contribution is -2.41. The zero-order valence-electron chi connectivity index (χ0n) is 13.9. The molecular formula is C17H25N3O3. The van der Waals surface area contributed by atoms with Crippen LogP contribution in [0.2, 0.25) is 0 Å². The Balaban J connectivity index is 1.67. The van der Waals surface area contributed by atoms with Gasteiger partial charge in [-0.25, -0.2) is 4.98 Å². The second kappa shape index (κ2) is 7.27. The van der Waals surface area contributed by atoms with Crippen LogP contribution in [0.5, 0.6) is 0 Å². The number of anilines is 2. The summed E-state index contributed by atoms with van der Waals surface area (Å²) in [6, 6.07) is 3.94. The maximum absolute atomic E-state index is 12.7. The lowest BCUT2D eigenvalue weighted by atomic mass is 9.94. The molecule has 0 aliphatic carbocycles. The topological polar surface area (TPSA) is 54.9 Å². The fraction of sp³-hybridized carbons (Fsp3) is 0.647. The average Bonchev–Trinajstić information content (AvgIpc) is 2.62. The maximum atomic E-state index is 12.7. The second-order valence-electron chi connectivity index (χ2n) is 6.20. The molecule has 23 heavy (non-hydrogen) atoms. The zero-order chi connectivity index (χ0) is 16.2. The summed E-state index contributed by atoms with van der Waals surface area (Å²) in [5, 5.41) is 0. The number of hydrogen-bond donors (Lipinski definition) is 0. The largest absolute Gasteiger partial charge is 0.378 e. The maximum Gasteiger partial charge on any atom is 0.232 e. The van der Waals surface area contributed by atoms with Gasteiger partial charge in [0.1, 0.15) is 5.82 Å². The van der Waals surface area contributed by atoms with Gasteiger partial charge in [0.15, 0.2) is 0 Å². The molecular weight excluding hydrogens is 294 g/mol. The summed E-state index contributed by atoms with van der Waals surface area (Å²) in [5.41, 5.74) is 0.824. The van der Waals surface area contributed by atoms with Crippen molar-refractivity contribution in [3.63, 3.8) is 0 Å². The van der Waals surface area contributed by atoms with Crippen LogP contribution in [0.1, 0.15) is 19.8 Å². The van der Waals surface area contributed by atoms with Crippen molar-refractivity contribution in [1.82, 2.24) is 4.98 Å². The number of aromatic nitrogens is 1. The predicted octanol–water partition coefficient (Wildman–Crippen LogP) is 1.70. The van der Waals surface area contributed by atoms with Crippen LogP contribution >= 0.6 is 0 Å². The van der Waals surface area contributed by atoms with Gasteiger partial charge in [-0.05, 0) is 31.9 Å². The van der Waals surface area contributed by atoms with Gasteiger partial charge in [-0.1, -0.05) is 0 Å². The summed E-state index contributed by atoms with van der Waals surface area (Å²) >= 11 is 0. The van der Waals surface area contributed by atoms with Crippen molar-refractivity contribution in [2.24, 2.45) is 5.92 Å². The van der Waals surface area contributed by atoms with Crippen molar-refractivity contribution in [2.45, 2.75) is 25.9 Å². The molecule has 2 aliphatic rings. The molecule has 1 aromatic heterocycles. The van der Waals surface area contributed by atoms with E-state index in [9.17, 15) is 4.79 Å². The minimum atomic E-state index is -0.0623. The van der Waals surface area contributed by atoms with E-state index in [0.29, 0.717) is 0 Å². The van der Waals surface area contributed by atoms with Gasteiger partial charge in [-0.3, -0.25) is 4.79 Å². The SMILES string of the molecule is C[C@@H]1OCCC[C@@H]1C(=O)N(C)c1ccc(N2CCOCC2)nc1. The Hall–Kier alpha value is -1.66. The Bertz CT molecular complexity index is 528. The Morgan fingerprint density at radius 1 is 1.30 bits per heavy atom. The van der Waals surface area contributed by atoms with Crippen LogP contribution in [-0.4, -0.2) is 57.0 Å². The minimum absolute atomic E-state index is 0.0146. The van der Waals surface area contributed by atoms with E-state index in [0.717, 1.165) is 57.3 Å². The Morgan fingerprint density at radius 3 is 2.74 bits per heavy atom. The number of nitrogens with zero attached hydrogens (tertiary/aromatic N) is 3. The molecule has 6 nitrogen and oxygen atoms in total. The molecule has 0 bridgehead atoms. The van der Waals surface area contributed by atoms with E-state index in [2.05, 4.69) is 9.88 Å². The molecule has 0 N–H and O–H groups in total. The van der Waals surface area contributed by atoms with Crippen molar-refractivity contribution >= 4 is 17.4 Å². The Labute approximate surface area is 137 Å². The normalized spacial score (nSPS) is 25.2. The Morgan fingerprint density at radius 2 is 2.09 bits per heavy atom. The number of pyridine rings is 1. The predicted molar refractivity (Wildman–Crippen MR) is 88.8 cm³/mol. The smallest absolute Gasteiger partial charge is 0.232 e. The monoisotopic (exact) mass is 319 g/mol. The molecule has 0 radical (unpaired) electrons. The number of carbonyl (C=O) groups excluding carboxylic acids is 1. The van der Waals surface area contributed by atoms with Gasteiger partial charge in [0, 0.05) is 26.7 Å². The van der Waals surface area contributed by atoms with Gasteiger partial charge < -0.3 is 19.3 Å². The van der Waals surface area contributed by atoms with Crippen LogP contribution in [0.15, 0.2) is 18.3 Å². The molecule has 3 heterocycles. The first-order valence-corrected chi connectivity index (χ1v) is 8.35. The van der Waals surface area contributed by atoms with Gasteiger partial charge in [0.25, 0.3) is 0 Å². The highest BCUT2D eigenvalue weighted by Crippen LogP contribution is 2.25. The molecule has 0 unspecified atom stereocenters. The molecule has 2 atom stereocenters. The van der Waals surface area contributed by atoms with Crippen LogP contribution in [0, 0.1) is 5.92 Å². The lowest BCUT2D eigenvalue weighted by Gasteiger charge is -2.31. The highest BCUT2D eigenvalue weighted by Gasteiger charge is 2.31. The first kappa shape index (κ1) is 16.2. The molecule has 0 aromatic carbocycles. The van der Waals surface area contributed by atoms with Crippen LogP contribution in [0.25, 0.3) is 0 Å². The van der Waals surface area contributed by atoms with Crippen molar-refractivity contribution in [2.75, 3.05) is 49.8 Å². The Kier molecular flexibility index (Phi) is 5.13. The fourth-order valence-electron chi connectivity index (χ4n) is 3.18. The molecule has 126 valence electrons. The average molecular weight is 319 g/mol. The van der Waals surface area contributed by atoms with E-state index < -0.39 is 0 Å². The summed E-state index contributed by atoms with van der Waals surface area (Å²) in [7, 11) is 1.81. The van der Waals surface area contributed by atoms with E-state index in [1.54, 1.807) is 11.1 Å². The van der Waals surface area contributed by atoms with Crippen molar-refractivity contribution in [3.05, 3.63) is 18.3 Å². The third kappa shape index (κ3) is 3.64. The van der Waals surface area contributed by atoms with Crippen molar-refractivity contribution in [1.29, 1.82) is 0 Å². The third-order valence-electron chi connectivity index (χ3n) is 4.71. The summed E-state index contributed by atoms with van der Waals surface area (Å²) in [6.07, 6.45) is 3.60. The highest BCUT2D eigenvalue weighted by atomic mass is 16.5. The first-order valence-electron chi connectivity index (χ1n) is 8.35. The van der Waals surface area contributed by atoms with E-state index in [1.807, 2.05) is 26.1 Å². The first-order chi connectivity index (χ1) is 11.2. The van der Waals surface area contributed by atoms with E-state index in [4.69, 9.17) is 9.47 Å². The van der Waals surface area contributed by atoms with Gasteiger partial charge in [-0.15, -0.1) is 0 Å². The van der Waals surface area contributed by atoms with Crippen LogP contribution in [-0.2, 0) is 14.3 Å². The van der Waals surface area contributed by atoms with E-state index in [-0.39, 0.29) is 17.9 Å². The number of ether oxygens (including phenoxy) is 2. The molecule has 2 aliphatic heterocycles. The van der Waals surface area contributed by atoms with Crippen molar-refractivity contribution < 1.29 is 14.3 Å². The molecule has 6 heteroatoms. The standard InChI is InChI=1S/C17H25N3O3/c1-13-15(4-3-9-23-13)17(21)19(2)14-5-6-16(18-12-14)20-7-10-22-11-8-20/h5-6,12-13,15H,3-4,7-11H2,1-2H3/t13-,15-/m0/s1. The van der Waals surface area contributed by atoms with Crippen LogP contribution in [0.4, 0.5) is 11.5 Å². The van der Waals surface area contributed by atoms with Crippen LogP contribution < -0.4 is 9.80 Å². The molecule has 1 amide bonds.